The predicted molar refractivity (Wildman–Crippen MR) is 83.7 cm³/mol. The van der Waals surface area contributed by atoms with Crippen molar-refractivity contribution in [3.8, 4) is 0 Å². The van der Waals surface area contributed by atoms with E-state index in [9.17, 15) is 4.39 Å². The van der Waals surface area contributed by atoms with E-state index in [0.717, 1.165) is 17.5 Å². The summed E-state index contributed by atoms with van der Waals surface area (Å²) in [6.45, 7) is 4.42. The molecule has 0 saturated heterocycles. The molecule has 0 spiro atoms. The molecule has 0 radical (unpaired) electrons. The SMILES string of the molecule is CC(C)Cc1ccc(C(Cl)Cc2cccc(F)c2)cc1. The summed E-state index contributed by atoms with van der Waals surface area (Å²) in [5, 5.41) is -0.120. The summed E-state index contributed by atoms with van der Waals surface area (Å²) in [6.07, 6.45) is 1.72. The maximum absolute atomic E-state index is 13.2. The molecule has 0 N–H and O–H groups in total. The molecule has 20 heavy (non-hydrogen) atoms. The number of hydrogen-bond acceptors (Lipinski definition) is 0. The molecule has 1 atom stereocenters. The highest BCUT2D eigenvalue weighted by Gasteiger charge is 2.09. The van der Waals surface area contributed by atoms with Crippen molar-refractivity contribution in [2.45, 2.75) is 32.1 Å². The largest absolute Gasteiger partial charge is 0.207 e. The summed E-state index contributed by atoms with van der Waals surface area (Å²) in [5.41, 5.74) is 3.35. The number of alkyl halides is 1. The summed E-state index contributed by atoms with van der Waals surface area (Å²) in [4.78, 5) is 0. The van der Waals surface area contributed by atoms with Gasteiger partial charge in [0.25, 0.3) is 0 Å². The quantitative estimate of drug-likeness (QED) is 0.634. The van der Waals surface area contributed by atoms with Crippen molar-refractivity contribution in [3.63, 3.8) is 0 Å². The van der Waals surface area contributed by atoms with Crippen molar-refractivity contribution < 1.29 is 4.39 Å². The topological polar surface area (TPSA) is 0 Å². The van der Waals surface area contributed by atoms with Gasteiger partial charge in [0.2, 0.25) is 0 Å². The normalized spacial score (nSPS) is 12.7. The van der Waals surface area contributed by atoms with Crippen molar-refractivity contribution in [2.75, 3.05) is 0 Å². The lowest BCUT2D eigenvalue weighted by atomic mass is 9.99. The van der Waals surface area contributed by atoms with Gasteiger partial charge in [-0.25, -0.2) is 4.39 Å². The van der Waals surface area contributed by atoms with E-state index >= 15 is 0 Å². The van der Waals surface area contributed by atoms with Crippen LogP contribution in [-0.4, -0.2) is 0 Å². The summed E-state index contributed by atoms with van der Waals surface area (Å²) in [5.74, 6) is 0.443. The maximum atomic E-state index is 13.2. The number of halogens is 2. The smallest absolute Gasteiger partial charge is 0.123 e. The van der Waals surface area contributed by atoms with Crippen molar-refractivity contribution in [1.29, 1.82) is 0 Å². The molecule has 2 aromatic carbocycles. The number of benzene rings is 2. The third-order valence-corrected chi connectivity index (χ3v) is 3.70. The first kappa shape index (κ1) is 15.1. The standard InChI is InChI=1S/C18H20ClF/c1-13(2)10-14-6-8-16(9-7-14)18(19)12-15-4-3-5-17(20)11-15/h3-9,11,13,18H,10,12H2,1-2H3. The van der Waals surface area contributed by atoms with Crippen LogP contribution in [0.3, 0.4) is 0 Å². The average molecular weight is 291 g/mol. The maximum Gasteiger partial charge on any atom is 0.123 e. The molecule has 0 saturated carbocycles. The zero-order valence-electron chi connectivity index (χ0n) is 11.9. The van der Waals surface area contributed by atoms with Gasteiger partial charge < -0.3 is 0 Å². The Morgan fingerprint density at radius 2 is 1.65 bits per heavy atom. The average Bonchev–Trinajstić information content (AvgIpc) is 2.38. The summed E-state index contributed by atoms with van der Waals surface area (Å²) < 4.78 is 13.2. The van der Waals surface area contributed by atoms with Crippen LogP contribution in [0, 0.1) is 11.7 Å². The van der Waals surface area contributed by atoms with Gasteiger partial charge >= 0.3 is 0 Å². The van der Waals surface area contributed by atoms with E-state index in [4.69, 9.17) is 11.6 Å². The molecule has 0 aliphatic heterocycles. The van der Waals surface area contributed by atoms with E-state index < -0.39 is 0 Å². The van der Waals surface area contributed by atoms with Crippen molar-refractivity contribution >= 4 is 11.6 Å². The van der Waals surface area contributed by atoms with Crippen molar-refractivity contribution in [2.24, 2.45) is 5.92 Å². The van der Waals surface area contributed by atoms with Crippen molar-refractivity contribution in [1.82, 2.24) is 0 Å². The fraction of sp³-hybridized carbons (Fsp3) is 0.333. The Balaban J connectivity index is 2.03. The molecule has 0 aliphatic carbocycles. The Morgan fingerprint density at radius 3 is 2.25 bits per heavy atom. The van der Waals surface area contributed by atoms with Crippen LogP contribution < -0.4 is 0 Å². The highest BCUT2D eigenvalue weighted by Crippen LogP contribution is 2.26. The second-order valence-electron chi connectivity index (χ2n) is 5.64. The Morgan fingerprint density at radius 1 is 0.950 bits per heavy atom. The highest BCUT2D eigenvalue weighted by molar-refractivity contribution is 6.20. The molecule has 0 amide bonds. The highest BCUT2D eigenvalue weighted by atomic mass is 35.5. The molecule has 2 heteroatoms. The van der Waals surface area contributed by atoms with Crippen LogP contribution in [-0.2, 0) is 12.8 Å². The molecule has 0 fully saturated rings. The third-order valence-electron chi connectivity index (χ3n) is 3.29. The minimum Gasteiger partial charge on any atom is -0.207 e. The van der Waals surface area contributed by atoms with Gasteiger partial charge in [0.05, 0.1) is 5.38 Å². The van der Waals surface area contributed by atoms with Crippen LogP contribution in [0.2, 0.25) is 0 Å². The molecule has 1 unspecified atom stereocenters. The van der Waals surface area contributed by atoms with Crippen LogP contribution in [0.25, 0.3) is 0 Å². The Hall–Kier alpha value is -1.34. The molecule has 2 rings (SSSR count). The fourth-order valence-electron chi connectivity index (χ4n) is 2.32. The van der Waals surface area contributed by atoms with Gasteiger partial charge in [-0.3, -0.25) is 0 Å². The van der Waals surface area contributed by atoms with E-state index in [1.807, 2.05) is 6.07 Å². The second kappa shape index (κ2) is 6.90. The Labute approximate surface area is 125 Å². The van der Waals surface area contributed by atoms with Gasteiger partial charge in [-0.05, 0) is 47.6 Å². The van der Waals surface area contributed by atoms with E-state index in [-0.39, 0.29) is 11.2 Å². The fourth-order valence-corrected chi connectivity index (χ4v) is 2.65. The molecular formula is C18H20ClF. The van der Waals surface area contributed by atoms with Gasteiger partial charge in [0, 0.05) is 0 Å². The summed E-state index contributed by atoms with van der Waals surface area (Å²) in [7, 11) is 0. The van der Waals surface area contributed by atoms with Gasteiger partial charge in [-0.15, -0.1) is 11.6 Å². The monoisotopic (exact) mass is 290 g/mol. The first-order valence-electron chi connectivity index (χ1n) is 7.02. The Bertz CT molecular complexity index is 546. The molecule has 0 nitrogen and oxygen atoms in total. The number of rotatable bonds is 5. The van der Waals surface area contributed by atoms with Gasteiger partial charge in [-0.1, -0.05) is 50.2 Å². The molecule has 106 valence electrons. The summed E-state index contributed by atoms with van der Waals surface area (Å²) >= 11 is 6.43. The van der Waals surface area contributed by atoms with E-state index in [1.54, 1.807) is 12.1 Å². The molecule has 0 bridgehead atoms. The lowest BCUT2D eigenvalue weighted by Gasteiger charge is -2.12. The van der Waals surface area contributed by atoms with Crippen LogP contribution in [0.4, 0.5) is 4.39 Å². The Kier molecular flexibility index (Phi) is 5.19. The van der Waals surface area contributed by atoms with Crippen LogP contribution in [0.1, 0.15) is 35.9 Å². The minimum absolute atomic E-state index is 0.120. The van der Waals surface area contributed by atoms with Gasteiger partial charge in [0.15, 0.2) is 0 Å². The van der Waals surface area contributed by atoms with E-state index in [1.165, 1.54) is 11.6 Å². The van der Waals surface area contributed by atoms with Crippen molar-refractivity contribution in [3.05, 3.63) is 71.0 Å². The van der Waals surface area contributed by atoms with Crippen LogP contribution in [0.5, 0.6) is 0 Å². The summed E-state index contributed by atoms with van der Waals surface area (Å²) in [6, 6.07) is 15.1. The first-order valence-corrected chi connectivity index (χ1v) is 7.45. The third kappa shape index (κ3) is 4.35. The molecule has 0 heterocycles. The zero-order chi connectivity index (χ0) is 14.5. The predicted octanol–water partition coefficient (Wildman–Crippen LogP) is 5.55. The van der Waals surface area contributed by atoms with Gasteiger partial charge in [-0.2, -0.15) is 0 Å². The zero-order valence-corrected chi connectivity index (χ0v) is 12.7. The first-order chi connectivity index (χ1) is 9.54. The molecule has 0 aromatic heterocycles. The lowest BCUT2D eigenvalue weighted by Crippen LogP contribution is -1.98. The van der Waals surface area contributed by atoms with Gasteiger partial charge in [0.1, 0.15) is 5.82 Å². The van der Waals surface area contributed by atoms with E-state index in [2.05, 4.69) is 38.1 Å². The van der Waals surface area contributed by atoms with Crippen LogP contribution in [0.15, 0.2) is 48.5 Å². The number of hydrogen-bond donors (Lipinski definition) is 0. The van der Waals surface area contributed by atoms with E-state index in [0.29, 0.717) is 12.3 Å². The minimum atomic E-state index is -0.210. The molecular weight excluding hydrogens is 271 g/mol. The molecule has 0 aliphatic rings. The molecule has 2 aromatic rings. The lowest BCUT2D eigenvalue weighted by molar-refractivity contribution is 0.625. The van der Waals surface area contributed by atoms with Crippen LogP contribution >= 0.6 is 11.6 Å². The second-order valence-corrected chi connectivity index (χ2v) is 6.17.